The molecule has 0 fully saturated rings. The first kappa shape index (κ1) is 12.5. The number of nitrogens with zero attached hydrogens (tertiary/aromatic N) is 3. The first-order chi connectivity index (χ1) is 9.81. The molecule has 2 aromatic heterocycles. The Hall–Kier alpha value is -2.53. The lowest BCUT2D eigenvalue weighted by atomic mass is 10.2. The van der Waals surface area contributed by atoms with Crippen LogP contribution in [-0.2, 0) is 0 Å². The molecule has 4 nitrogen and oxygen atoms in total. The molecule has 2 heterocycles. The van der Waals surface area contributed by atoms with E-state index < -0.39 is 0 Å². The summed E-state index contributed by atoms with van der Waals surface area (Å²) in [7, 11) is 0. The number of pyridine rings is 1. The van der Waals surface area contributed by atoms with Crippen molar-refractivity contribution in [1.82, 2.24) is 9.97 Å². The molecule has 0 atom stereocenters. The van der Waals surface area contributed by atoms with Crippen molar-refractivity contribution in [1.29, 1.82) is 0 Å². The summed E-state index contributed by atoms with van der Waals surface area (Å²) < 4.78 is 0. The fourth-order valence-corrected chi connectivity index (χ4v) is 2.34. The number of aromatic nitrogens is 2. The Balaban J connectivity index is 1.80. The maximum atomic E-state index is 9.27. The molecule has 0 amide bonds. The summed E-state index contributed by atoms with van der Waals surface area (Å²) in [5, 5.41) is 11.9. The number of rotatable bonds is 3. The van der Waals surface area contributed by atoms with Gasteiger partial charge in [0.2, 0.25) is 5.13 Å². The molecule has 0 aliphatic rings. The third-order valence-corrected chi connectivity index (χ3v) is 3.43. The van der Waals surface area contributed by atoms with Crippen molar-refractivity contribution in [3.63, 3.8) is 0 Å². The van der Waals surface area contributed by atoms with E-state index in [1.54, 1.807) is 30.7 Å². The molecule has 20 heavy (non-hydrogen) atoms. The third-order valence-electron chi connectivity index (χ3n) is 2.69. The zero-order valence-corrected chi connectivity index (χ0v) is 11.3. The van der Waals surface area contributed by atoms with Crippen LogP contribution < -0.4 is 0 Å². The van der Waals surface area contributed by atoms with E-state index in [-0.39, 0.29) is 5.75 Å². The van der Waals surface area contributed by atoms with Gasteiger partial charge in [0.1, 0.15) is 5.75 Å². The molecule has 98 valence electrons. The quantitative estimate of drug-likeness (QED) is 0.745. The molecule has 5 heteroatoms. The number of aliphatic imine (C=N–C) groups is 1. The van der Waals surface area contributed by atoms with E-state index in [2.05, 4.69) is 15.0 Å². The van der Waals surface area contributed by atoms with Gasteiger partial charge in [-0.05, 0) is 42.0 Å². The predicted molar refractivity (Wildman–Crippen MR) is 80.7 cm³/mol. The van der Waals surface area contributed by atoms with Crippen molar-refractivity contribution in [2.24, 2.45) is 4.99 Å². The Bertz CT molecular complexity index is 720. The van der Waals surface area contributed by atoms with Gasteiger partial charge in [-0.15, -0.1) is 11.3 Å². The molecule has 1 N–H and O–H groups in total. The smallest absolute Gasteiger partial charge is 0.209 e. The third kappa shape index (κ3) is 2.89. The maximum absolute atomic E-state index is 9.27. The van der Waals surface area contributed by atoms with Gasteiger partial charge in [0.05, 0.1) is 5.69 Å². The van der Waals surface area contributed by atoms with E-state index in [1.165, 1.54) is 11.3 Å². The molecule has 1 aromatic carbocycles. The molecule has 0 unspecified atom stereocenters. The van der Waals surface area contributed by atoms with Crippen LogP contribution in [0, 0.1) is 0 Å². The van der Waals surface area contributed by atoms with Crippen molar-refractivity contribution in [3.8, 4) is 17.0 Å². The molecule has 3 aromatic rings. The zero-order valence-electron chi connectivity index (χ0n) is 10.5. The molecule has 0 saturated heterocycles. The van der Waals surface area contributed by atoms with Gasteiger partial charge < -0.3 is 5.11 Å². The Labute approximate surface area is 120 Å². The van der Waals surface area contributed by atoms with E-state index in [1.807, 2.05) is 29.6 Å². The van der Waals surface area contributed by atoms with Crippen LogP contribution in [0.1, 0.15) is 5.56 Å². The molecular weight excluding hydrogens is 270 g/mol. The number of thiazole rings is 1. The van der Waals surface area contributed by atoms with Crippen LogP contribution in [0.25, 0.3) is 11.3 Å². The number of phenols is 1. The highest BCUT2D eigenvalue weighted by Gasteiger charge is 2.03. The van der Waals surface area contributed by atoms with Crippen LogP contribution in [-0.4, -0.2) is 21.3 Å². The van der Waals surface area contributed by atoms with Gasteiger partial charge in [0, 0.05) is 29.6 Å². The highest BCUT2D eigenvalue weighted by atomic mass is 32.1. The van der Waals surface area contributed by atoms with Crippen LogP contribution in [0.3, 0.4) is 0 Å². The lowest BCUT2D eigenvalue weighted by molar-refractivity contribution is 0.475. The lowest BCUT2D eigenvalue weighted by Gasteiger charge is -1.95. The van der Waals surface area contributed by atoms with E-state index in [0.717, 1.165) is 16.8 Å². The van der Waals surface area contributed by atoms with Gasteiger partial charge >= 0.3 is 0 Å². The number of phenolic OH excluding ortho intramolecular Hbond substituents is 1. The Morgan fingerprint density at radius 2 is 1.80 bits per heavy atom. The van der Waals surface area contributed by atoms with Crippen molar-refractivity contribution in [3.05, 3.63) is 59.7 Å². The fourth-order valence-electron chi connectivity index (χ4n) is 1.67. The number of hydrogen-bond donors (Lipinski definition) is 1. The predicted octanol–water partition coefficient (Wildman–Crippen LogP) is 3.66. The summed E-state index contributed by atoms with van der Waals surface area (Å²) in [5.41, 5.74) is 2.81. The normalized spacial score (nSPS) is 11.0. The first-order valence-corrected chi connectivity index (χ1v) is 6.88. The molecule has 0 aliphatic carbocycles. The van der Waals surface area contributed by atoms with Crippen LogP contribution in [0.15, 0.2) is 59.2 Å². The minimum absolute atomic E-state index is 0.250. The second-order valence-corrected chi connectivity index (χ2v) is 4.94. The maximum Gasteiger partial charge on any atom is 0.209 e. The summed E-state index contributed by atoms with van der Waals surface area (Å²) in [6.07, 6.45) is 5.22. The monoisotopic (exact) mass is 281 g/mol. The lowest BCUT2D eigenvalue weighted by Crippen LogP contribution is -1.80. The summed E-state index contributed by atoms with van der Waals surface area (Å²) in [5.74, 6) is 0.250. The summed E-state index contributed by atoms with van der Waals surface area (Å²) >= 11 is 1.48. The topological polar surface area (TPSA) is 58.4 Å². The average Bonchev–Trinajstić information content (AvgIpc) is 2.96. The minimum Gasteiger partial charge on any atom is -0.508 e. The summed E-state index contributed by atoms with van der Waals surface area (Å²) in [4.78, 5) is 12.8. The summed E-state index contributed by atoms with van der Waals surface area (Å²) in [6, 6.07) is 10.7. The standard InChI is InChI=1S/C15H11N3OS/c19-13-3-1-12(2-4-13)14-10-20-15(18-14)17-9-11-5-7-16-8-6-11/h1-10,19H/b17-9+. The molecular formula is C15H11N3OS. The number of benzene rings is 1. The molecule has 3 rings (SSSR count). The van der Waals surface area contributed by atoms with Gasteiger partial charge in [-0.25, -0.2) is 9.98 Å². The fraction of sp³-hybridized carbons (Fsp3) is 0. The van der Waals surface area contributed by atoms with Crippen LogP contribution >= 0.6 is 11.3 Å². The Kier molecular flexibility index (Phi) is 3.52. The van der Waals surface area contributed by atoms with E-state index in [4.69, 9.17) is 0 Å². The number of aromatic hydroxyl groups is 1. The minimum atomic E-state index is 0.250. The van der Waals surface area contributed by atoms with Crippen molar-refractivity contribution >= 4 is 22.7 Å². The van der Waals surface area contributed by atoms with E-state index in [0.29, 0.717) is 5.13 Å². The largest absolute Gasteiger partial charge is 0.508 e. The Morgan fingerprint density at radius 1 is 1.05 bits per heavy atom. The molecule has 0 radical (unpaired) electrons. The highest BCUT2D eigenvalue weighted by molar-refractivity contribution is 7.13. The van der Waals surface area contributed by atoms with Gasteiger partial charge in [-0.2, -0.15) is 0 Å². The second-order valence-electron chi connectivity index (χ2n) is 4.10. The second kappa shape index (κ2) is 5.63. The highest BCUT2D eigenvalue weighted by Crippen LogP contribution is 2.27. The molecule has 0 spiro atoms. The van der Waals surface area contributed by atoms with E-state index in [9.17, 15) is 5.11 Å². The SMILES string of the molecule is Oc1ccc(-c2csc(/N=C/c3ccncc3)n2)cc1. The molecule has 0 bridgehead atoms. The van der Waals surface area contributed by atoms with Crippen molar-refractivity contribution in [2.75, 3.05) is 0 Å². The van der Waals surface area contributed by atoms with Gasteiger partial charge in [0.25, 0.3) is 0 Å². The Morgan fingerprint density at radius 3 is 2.55 bits per heavy atom. The van der Waals surface area contributed by atoms with Crippen LogP contribution in [0.4, 0.5) is 5.13 Å². The zero-order chi connectivity index (χ0) is 13.8. The van der Waals surface area contributed by atoms with Gasteiger partial charge in [-0.3, -0.25) is 4.98 Å². The molecule has 0 saturated carbocycles. The van der Waals surface area contributed by atoms with Crippen molar-refractivity contribution < 1.29 is 5.11 Å². The summed E-state index contributed by atoms with van der Waals surface area (Å²) in [6.45, 7) is 0. The van der Waals surface area contributed by atoms with Crippen LogP contribution in [0.5, 0.6) is 5.75 Å². The van der Waals surface area contributed by atoms with E-state index >= 15 is 0 Å². The van der Waals surface area contributed by atoms with Crippen LogP contribution in [0.2, 0.25) is 0 Å². The molecule has 0 aliphatic heterocycles. The number of hydrogen-bond acceptors (Lipinski definition) is 5. The average molecular weight is 281 g/mol. The van der Waals surface area contributed by atoms with Gasteiger partial charge in [0.15, 0.2) is 0 Å². The van der Waals surface area contributed by atoms with Crippen molar-refractivity contribution in [2.45, 2.75) is 0 Å². The first-order valence-electron chi connectivity index (χ1n) is 6.00. The van der Waals surface area contributed by atoms with Gasteiger partial charge in [-0.1, -0.05) is 0 Å².